The lowest BCUT2D eigenvalue weighted by molar-refractivity contribution is 0.119. The molecule has 4 aromatic heterocycles. The first-order valence-corrected chi connectivity index (χ1v) is 42.8. The molecule has 34 heteroatoms. The van der Waals surface area contributed by atoms with Crippen molar-refractivity contribution in [3.63, 3.8) is 0 Å². The molecule has 0 bridgehead atoms. The SMILES string of the molecule is COc1cccc(OC)c1-n1c(-c2ccn(C)n2)nnc1N(CC[Si](C)(C)C)S(=O)(=O)C[C@@H](OC)c1ccc(F)cc1S(C)(=O)=O.COc1cccc(OC)c1-n1c(-c2ccn(C)n2)nnc1N(CC[Si](C)(C)C)S(=O)(=O)C[C@H](OC)c1ccc(F)cc1S(C)(=O)=O. The van der Waals surface area contributed by atoms with Crippen molar-refractivity contribution in [2.45, 2.75) is 73.4 Å². The van der Waals surface area contributed by atoms with Crippen LogP contribution in [0.3, 0.4) is 0 Å². The summed E-state index contributed by atoms with van der Waals surface area (Å²) < 4.78 is 179. The number of hydrogen-bond donors (Lipinski definition) is 0. The number of anilines is 2. The third-order valence-corrected chi connectivity index (χ3v) is 23.6. The third kappa shape index (κ3) is 16.8. The molecule has 92 heavy (non-hydrogen) atoms. The number of sulfonamides is 2. The van der Waals surface area contributed by atoms with E-state index < -0.39 is 91.2 Å². The van der Waals surface area contributed by atoms with Gasteiger partial charge in [-0.1, -0.05) is 63.5 Å². The van der Waals surface area contributed by atoms with Crippen molar-refractivity contribution < 1.29 is 70.9 Å². The molecule has 0 radical (unpaired) electrons. The fourth-order valence-corrected chi connectivity index (χ4v) is 17.0. The van der Waals surface area contributed by atoms with Gasteiger partial charge in [0.2, 0.25) is 31.9 Å². The molecule has 4 aromatic carbocycles. The zero-order chi connectivity index (χ0) is 68.1. The molecule has 0 saturated carbocycles. The predicted molar refractivity (Wildman–Crippen MR) is 350 cm³/mol. The monoisotopic (exact) mass is 1390 g/mol. The molecule has 0 fully saturated rings. The lowest BCUT2D eigenvalue weighted by atomic mass is 10.1. The second-order valence-electron chi connectivity index (χ2n) is 23.8. The average Bonchev–Trinajstić information content (AvgIpc) is 1.54. The van der Waals surface area contributed by atoms with Crippen molar-refractivity contribution in [3.8, 4) is 57.4 Å². The van der Waals surface area contributed by atoms with Crippen LogP contribution in [0, 0.1) is 11.6 Å². The third-order valence-electron chi connectivity index (χ3n) is 14.4. The maximum Gasteiger partial charge on any atom is 0.246 e. The molecule has 0 N–H and O–H groups in total. The number of halogens is 2. The lowest BCUT2D eigenvalue weighted by Gasteiger charge is -2.29. The highest BCUT2D eigenvalue weighted by Gasteiger charge is 2.39. The van der Waals surface area contributed by atoms with E-state index in [9.17, 15) is 42.5 Å². The smallest absolute Gasteiger partial charge is 0.246 e. The number of ether oxygens (including phenoxy) is 6. The second kappa shape index (κ2) is 28.7. The van der Waals surface area contributed by atoms with Crippen LogP contribution in [0.2, 0.25) is 51.4 Å². The van der Waals surface area contributed by atoms with Crippen LogP contribution < -0.4 is 27.6 Å². The molecular formula is C58H78F2N12O14S4Si2. The summed E-state index contributed by atoms with van der Waals surface area (Å²) in [5, 5.41) is 26.6. The summed E-state index contributed by atoms with van der Waals surface area (Å²) in [6, 6.07) is 21.1. The van der Waals surface area contributed by atoms with Crippen LogP contribution in [0.25, 0.3) is 34.4 Å². The predicted octanol–water partition coefficient (Wildman–Crippen LogP) is 8.18. The average molecular weight is 1390 g/mol. The first-order valence-electron chi connectivity index (χ1n) is 28.4. The van der Waals surface area contributed by atoms with Crippen molar-refractivity contribution in [2.75, 3.05) is 88.4 Å². The second-order valence-corrected chi connectivity index (χ2v) is 42.9. The molecule has 2 atom stereocenters. The van der Waals surface area contributed by atoms with Gasteiger partial charge in [0.1, 0.15) is 57.4 Å². The van der Waals surface area contributed by atoms with Gasteiger partial charge in [-0.15, -0.1) is 20.4 Å². The Hall–Kier alpha value is -7.61. The van der Waals surface area contributed by atoms with E-state index in [1.54, 1.807) is 84.4 Å². The van der Waals surface area contributed by atoms with Crippen molar-refractivity contribution in [1.82, 2.24) is 49.1 Å². The van der Waals surface area contributed by atoms with E-state index in [1.165, 1.54) is 63.9 Å². The molecule has 8 aromatic rings. The van der Waals surface area contributed by atoms with Crippen LogP contribution in [-0.2, 0) is 63.3 Å². The summed E-state index contributed by atoms with van der Waals surface area (Å²) in [6.07, 6.45) is 2.76. The number of methoxy groups -OCH3 is 6. The van der Waals surface area contributed by atoms with Crippen LogP contribution in [0.4, 0.5) is 20.7 Å². The van der Waals surface area contributed by atoms with E-state index in [-0.39, 0.29) is 57.6 Å². The Morgan fingerprint density at radius 3 is 1.08 bits per heavy atom. The van der Waals surface area contributed by atoms with Crippen molar-refractivity contribution >= 4 is 67.8 Å². The van der Waals surface area contributed by atoms with Gasteiger partial charge in [-0.2, -0.15) is 10.2 Å². The van der Waals surface area contributed by atoms with Crippen molar-refractivity contribution in [1.29, 1.82) is 0 Å². The Kier molecular flexibility index (Phi) is 22.4. The highest BCUT2D eigenvalue weighted by Crippen LogP contribution is 2.42. The summed E-state index contributed by atoms with van der Waals surface area (Å²) in [5.41, 5.74) is 1.56. The molecular weight excluding hydrogens is 1310 g/mol. The van der Waals surface area contributed by atoms with Gasteiger partial charge in [0.15, 0.2) is 31.3 Å². The van der Waals surface area contributed by atoms with Crippen LogP contribution in [0.5, 0.6) is 23.0 Å². The van der Waals surface area contributed by atoms with E-state index in [0.717, 1.165) is 45.4 Å². The molecule has 0 aliphatic heterocycles. The molecule has 0 saturated heterocycles. The van der Waals surface area contributed by atoms with E-state index in [2.05, 4.69) is 69.9 Å². The summed E-state index contributed by atoms with van der Waals surface area (Å²) >= 11 is 0. The first kappa shape index (κ1) is 71.8. The molecule has 0 aliphatic rings. The normalized spacial score (nSPS) is 13.1. The Bertz CT molecular complexity index is 4080. The molecule has 500 valence electrons. The number of aryl methyl sites for hydroxylation is 2. The van der Waals surface area contributed by atoms with Gasteiger partial charge in [0.05, 0.1) is 61.9 Å². The van der Waals surface area contributed by atoms with Crippen LogP contribution in [-0.4, -0.2) is 179 Å². The number of para-hydroxylation sites is 2. The molecule has 0 amide bonds. The van der Waals surface area contributed by atoms with Crippen molar-refractivity contribution in [3.05, 3.63) is 120 Å². The lowest BCUT2D eigenvalue weighted by Crippen LogP contribution is -2.40. The molecule has 0 aliphatic carbocycles. The van der Waals surface area contributed by atoms with Gasteiger partial charge in [0.25, 0.3) is 0 Å². The fourth-order valence-electron chi connectivity index (χ4n) is 9.71. The number of aromatic nitrogens is 10. The quantitative estimate of drug-likeness (QED) is 0.0417. The minimum Gasteiger partial charge on any atom is -0.494 e. The number of hydrogen-bond acceptors (Lipinski definition) is 20. The summed E-state index contributed by atoms with van der Waals surface area (Å²) in [6.45, 7) is 12.7. The number of benzene rings is 4. The maximum atomic E-state index is 14.5. The Labute approximate surface area is 538 Å². The minimum absolute atomic E-state index is 0.0159. The Morgan fingerprint density at radius 1 is 0.489 bits per heavy atom. The number of sulfone groups is 2. The van der Waals surface area contributed by atoms with E-state index >= 15 is 0 Å². The molecule has 0 spiro atoms. The summed E-state index contributed by atoms with van der Waals surface area (Å²) in [4.78, 5) is -0.717. The number of nitrogens with zero attached hydrogens (tertiary/aromatic N) is 12. The van der Waals surface area contributed by atoms with Gasteiger partial charge < -0.3 is 28.4 Å². The Morgan fingerprint density at radius 2 is 0.815 bits per heavy atom. The number of rotatable bonds is 28. The molecule has 26 nitrogen and oxygen atoms in total. The van der Waals surface area contributed by atoms with Crippen LogP contribution in [0.1, 0.15) is 23.3 Å². The summed E-state index contributed by atoms with van der Waals surface area (Å²) in [5.74, 6) is -1.13. The minimum atomic E-state index is -4.35. The zero-order valence-electron chi connectivity index (χ0n) is 54.1. The van der Waals surface area contributed by atoms with E-state index in [0.29, 0.717) is 57.8 Å². The molecule has 4 heterocycles. The Balaban J connectivity index is 0.000000261. The highest BCUT2D eigenvalue weighted by atomic mass is 32.2. The van der Waals surface area contributed by atoms with Crippen LogP contribution >= 0.6 is 0 Å². The van der Waals surface area contributed by atoms with Gasteiger partial charge in [-0.3, -0.25) is 18.5 Å². The van der Waals surface area contributed by atoms with E-state index in [4.69, 9.17) is 28.4 Å². The van der Waals surface area contributed by atoms with Crippen LogP contribution in [0.15, 0.2) is 107 Å². The van der Waals surface area contributed by atoms with Gasteiger partial charge in [-0.05, 0) is 72.8 Å². The molecule has 0 unspecified atom stereocenters. The van der Waals surface area contributed by atoms with Gasteiger partial charge in [0, 0.05) is 93.6 Å². The topological polar surface area (TPSA) is 295 Å². The maximum absolute atomic E-state index is 14.5. The largest absolute Gasteiger partial charge is 0.494 e. The van der Waals surface area contributed by atoms with Gasteiger partial charge in [-0.25, -0.2) is 51.1 Å². The molecule has 8 rings (SSSR count). The highest BCUT2D eigenvalue weighted by molar-refractivity contribution is 7.93. The first-order chi connectivity index (χ1) is 43.0. The summed E-state index contributed by atoms with van der Waals surface area (Å²) in [7, 11) is -8.35. The van der Waals surface area contributed by atoms with Crippen molar-refractivity contribution in [2.24, 2.45) is 14.1 Å². The zero-order valence-corrected chi connectivity index (χ0v) is 59.4. The van der Waals surface area contributed by atoms with Gasteiger partial charge >= 0.3 is 0 Å². The van der Waals surface area contributed by atoms with E-state index in [1.807, 2.05) is 0 Å². The fraction of sp³-hybridized carbons (Fsp3) is 0.414. The standard InChI is InChI=1S/2C29H39FN6O7S2Si/c2*1-34-15-14-22(33-34)28-31-32-29(36(28)27-23(41-2)10-9-11-24(27)42-3)35(16-17-46(6,7)8)45(39,40)19-25(43-4)21-13-12-20(30)18-26(21)44(5,37)38/h2*9-15,18,25H,16-17,19H2,1-8H3/t2*25-/m10/s1.